The van der Waals surface area contributed by atoms with E-state index in [0.29, 0.717) is 11.4 Å². The van der Waals surface area contributed by atoms with E-state index < -0.39 is 42.3 Å². The highest BCUT2D eigenvalue weighted by Gasteiger charge is 2.65. The van der Waals surface area contributed by atoms with Gasteiger partial charge in [0, 0.05) is 25.7 Å². The minimum atomic E-state index is -0.871. The van der Waals surface area contributed by atoms with Crippen molar-refractivity contribution in [3.05, 3.63) is 24.3 Å². The first-order chi connectivity index (χ1) is 16.1. The van der Waals surface area contributed by atoms with Gasteiger partial charge in [-0.15, -0.1) is 0 Å². The van der Waals surface area contributed by atoms with Crippen LogP contribution in [0.5, 0.6) is 5.75 Å². The SMILES string of the molecule is COc1ccccc1NC(=O)[C@H]1O[C@H]2OC3(CCCCC3)O[C@@H]2[C@H]2OC3(CCCCC3)O[C@H]21. The van der Waals surface area contributed by atoms with Crippen LogP contribution < -0.4 is 10.1 Å². The molecule has 5 atom stereocenters. The number of nitrogens with one attached hydrogen (secondary N) is 1. The van der Waals surface area contributed by atoms with Gasteiger partial charge in [0.05, 0.1) is 12.8 Å². The fourth-order valence-electron chi connectivity index (χ4n) is 6.12. The number of anilines is 1. The number of hydrogen-bond donors (Lipinski definition) is 1. The van der Waals surface area contributed by atoms with Crippen molar-refractivity contribution in [3.63, 3.8) is 0 Å². The largest absolute Gasteiger partial charge is 0.495 e. The van der Waals surface area contributed by atoms with Crippen molar-refractivity contribution in [2.45, 2.75) is 106 Å². The van der Waals surface area contributed by atoms with Gasteiger partial charge in [-0.2, -0.15) is 0 Å². The minimum absolute atomic E-state index is 0.294. The lowest BCUT2D eigenvalue weighted by Crippen LogP contribution is -2.58. The smallest absolute Gasteiger partial charge is 0.256 e. The Morgan fingerprint density at radius 3 is 2.15 bits per heavy atom. The monoisotopic (exact) mass is 459 g/mol. The lowest BCUT2D eigenvalue weighted by molar-refractivity contribution is -0.246. The molecule has 2 aliphatic carbocycles. The molecule has 1 amide bonds. The molecule has 180 valence electrons. The highest BCUT2D eigenvalue weighted by molar-refractivity contribution is 5.96. The van der Waals surface area contributed by atoms with Gasteiger partial charge in [0.25, 0.3) is 5.91 Å². The summed E-state index contributed by atoms with van der Waals surface area (Å²) in [5.74, 6) is -1.01. The fourth-order valence-corrected chi connectivity index (χ4v) is 6.12. The lowest BCUT2D eigenvalue weighted by Gasteiger charge is -2.36. The van der Waals surface area contributed by atoms with Gasteiger partial charge in [-0.05, 0) is 37.8 Å². The van der Waals surface area contributed by atoms with Crippen LogP contribution in [0.25, 0.3) is 0 Å². The molecule has 1 N–H and O–H groups in total. The van der Waals surface area contributed by atoms with Crippen LogP contribution in [0.15, 0.2) is 24.3 Å². The molecular formula is C25H33NO7. The number of benzene rings is 1. The molecule has 3 saturated heterocycles. The van der Waals surface area contributed by atoms with E-state index in [4.69, 9.17) is 28.4 Å². The highest BCUT2D eigenvalue weighted by Crippen LogP contribution is 2.51. The van der Waals surface area contributed by atoms with Crippen LogP contribution in [0, 0.1) is 0 Å². The molecule has 3 aliphatic heterocycles. The Labute approximate surface area is 194 Å². The summed E-state index contributed by atoms with van der Waals surface area (Å²) in [4.78, 5) is 13.5. The van der Waals surface area contributed by atoms with Crippen LogP contribution in [0.2, 0.25) is 0 Å². The molecule has 5 fully saturated rings. The summed E-state index contributed by atoms with van der Waals surface area (Å²) in [5, 5.41) is 2.97. The quantitative estimate of drug-likeness (QED) is 0.734. The molecule has 0 radical (unpaired) electrons. The van der Waals surface area contributed by atoms with E-state index >= 15 is 0 Å². The van der Waals surface area contributed by atoms with Crippen molar-refractivity contribution >= 4 is 11.6 Å². The molecule has 1 aromatic rings. The Bertz CT molecular complexity index is 879. The fraction of sp³-hybridized carbons (Fsp3) is 0.720. The van der Waals surface area contributed by atoms with Crippen LogP contribution in [0.1, 0.15) is 64.2 Å². The second kappa shape index (κ2) is 8.50. The number of para-hydroxylation sites is 2. The van der Waals surface area contributed by atoms with Gasteiger partial charge in [-0.25, -0.2) is 0 Å². The maximum Gasteiger partial charge on any atom is 0.256 e. The van der Waals surface area contributed by atoms with Crippen LogP contribution in [-0.2, 0) is 28.5 Å². The van der Waals surface area contributed by atoms with E-state index in [0.717, 1.165) is 51.4 Å². The summed E-state index contributed by atoms with van der Waals surface area (Å²) in [6, 6.07) is 7.33. The number of rotatable bonds is 3. The van der Waals surface area contributed by atoms with Crippen LogP contribution >= 0.6 is 0 Å². The third-order valence-electron chi connectivity index (χ3n) is 7.73. The first kappa shape index (κ1) is 21.8. The van der Waals surface area contributed by atoms with Gasteiger partial charge in [-0.3, -0.25) is 4.79 Å². The van der Waals surface area contributed by atoms with Gasteiger partial charge in [-0.1, -0.05) is 25.0 Å². The van der Waals surface area contributed by atoms with Crippen molar-refractivity contribution in [3.8, 4) is 5.75 Å². The van der Waals surface area contributed by atoms with E-state index in [9.17, 15) is 4.79 Å². The molecule has 2 spiro atoms. The third kappa shape index (κ3) is 3.86. The Hall–Kier alpha value is -1.71. The molecule has 5 aliphatic rings. The van der Waals surface area contributed by atoms with Gasteiger partial charge >= 0.3 is 0 Å². The molecule has 2 saturated carbocycles. The van der Waals surface area contributed by atoms with Gasteiger partial charge < -0.3 is 33.7 Å². The molecule has 33 heavy (non-hydrogen) atoms. The van der Waals surface area contributed by atoms with E-state index in [-0.39, 0.29) is 5.91 Å². The second-order valence-electron chi connectivity index (χ2n) is 9.92. The van der Waals surface area contributed by atoms with Crippen molar-refractivity contribution in [1.29, 1.82) is 0 Å². The lowest BCUT2D eigenvalue weighted by atomic mass is 9.94. The predicted octanol–water partition coefficient (Wildman–Crippen LogP) is 3.88. The van der Waals surface area contributed by atoms with Crippen LogP contribution in [0.3, 0.4) is 0 Å². The molecular weight excluding hydrogens is 426 g/mol. The summed E-state index contributed by atoms with van der Waals surface area (Å²) >= 11 is 0. The summed E-state index contributed by atoms with van der Waals surface area (Å²) < 4.78 is 37.7. The summed E-state index contributed by atoms with van der Waals surface area (Å²) in [6.45, 7) is 0. The average Bonchev–Trinajstić information content (AvgIpc) is 3.37. The van der Waals surface area contributed by atoms with Gasteiger partial charge in [0.2, 0.25) is 0 Å². The second-order valence-corrected chi connectivity index (χ2v) is 9.92. The van der Waals surface area contributed by atoms with Crippen LogP contribution in [-0.4, -0.2) is 55.3 Å². The third-order valence-corrected chi connectivity index (χ3v) is 7.73. The molecule has 8 heteroatoms. The summed E-state index contributed by atoms with van der Waals surface area (Å²) in [5.41, 5.74) is 0.589. The maximum absolute atomic E-state index is 13.5. The number of fused-ring (bicyclic) bond motifs is 3. The average molecular weight is 460 g/mol. The number of methoxy groups -OCH3 is 1. The number of ether oxygens (including phenoxy) is 6. The normalized spacial score (nSPS) is 36.3. The first-order valence-electron chi connectivity index (χ1n) is 12.4. The summed E-state index contributed by atoms with van der Waals surface area (Å²) in [7, 11) is 1.58. The number of amides is 1. The van der Waals surface area contributed by atoms with E-state index in [1.807, 2.05) is 18.2 Å². The zero-order chi connectivity index (χ0) is 22.5. The van der Waals surface area contributed by atoms with Crippen molar-refractivity contribution < 1.29 is 33.2 Å². The Balaban J connectivity index is 1.28. The van der Waals surface area contributed by atoms with Crippen molar-refractivity contribution in [2.75, 3.05) is 12.4 Å². The molecule has 8 nitrogen and oxygen atoms in total. The zero-order valence-electron chi connectivity index (χ0n) is 19.1. The Morgan fingerprint density at radius 1 is 0.848 bits per heavy atom. The predicted molar refractivity (Wildman–Crippen MR) is 118 cm³/mol. The highest BCUT2D eigenvalue weighted by atomic mass is 16.9. The van der Waals surface area contributed by atoms with E-state index in [2.05, 4.69) is 5.32 Å². The topological polar surface area (TPSA) is 84.5 Å². The molecule has 0 unspecified atom stereocenters. The minimum Gasteiger partial charge on any atom is -0.495 e. The molecule has 1 aromatic carbocycles. The Morgan fingerprint density at radius 2 is 1.45 bits per heavy atom. The number of hydrogen-bond acceptors (Lipinski definition) is 7. The molecule has 3 heterocycles. The zero-order valence-corrected chi connectivity index (χ0v) is 19.1. The van der Waals surface area contributed by atoms with Crippen molar-refractivity contribution in [1.82, 2.24) is 0 Å². The number of carbonyl (C=O) groups excluding carboxylic acids is 1. The summed E-state index contributed by atoms with van der Waals surface area (Å²) in [6.07, 6.45) is 7.02. The maximum atomic E-state index is 13.5. The first-order valence-corrected chi connectivity index (χ1v) is 12.4. The van der Waals surface area contributed by atoms with E-state index in [1.165, 1.54) is 12.8 Å². The molecule has 6 rings (SSSR count). The Kier molecular flexibility index (Phi) is 5.62. The number of carbonyl (C=O) groups is 1. The molecule has 0 aromatic heterocycles. The van der Waals surface area contributed by atoms with Gasteiger partial charge in [0.15, 0.2) is 24.0 Å². The molecule has 0 bridgehead atoms. The van der Waals surface area contributed by atoms with Crippen LogP contribution in [0.4, 0.5) is 5.69 Å². The van der Waals surface area contributed by atoms with Crippen molar-refractivity contribution in [2.24, 2.45) is 0 Å². The van der Waals surface area contributed by atoms with Gasteiger partial charge in [0.1, 0.15) is 24.1 Å². The standard InChI is InChI=1S/C25H33NO7/c1-28-17-11-5-4-10-16(17)26-22(27)20-18-19(31-24(30-18)12-6-2-7-13-24)21-23(29-20)33-25(32-21)14-8-3-9-15-25/h4-5,10-11,18-21,23H,2-3,6-9,12-15H2,1H3,(H,26,27)/t18-,19+,20+,21-,23+/m1/s1. The van der Waals surface area contributed by atoms with E-state index in [1.54, 1.807) is 13.2 Å².